The number of hydrogen-bond acceptors (Lipinski definition) is 7. The number of methoxy groups -OCH3 is 1. The van der Waals surface area contributed by atoms with Crippen LogP contribution in [0.25, 0.3) is 0 Å². The smallest absolute Gasteiger partial charge is 0.475 e. The molecule has 0 bridgehead atoms. The number of carboxylic acid groups (broad SMARTS) is 2. The Labute approximate surface area is 202 Å². The van der Waals surface area contributed by atoms with Crippen molar-refractivity contribution in [2.24, 2.45) is 5.92 Å². The van der Waals surface area contributed by atoms with Gasteiger partial charge in [0.1, 0.15) is 0 Å². The van der Waals surface area contributed by atoms with Gasteiger partial charge in [0, 0.05) is 45.2 Å². The maximum Gasteiger partial charge on any atom is 0.490 e. The van der Waals surface area contributed by atoms with Crippen molar-refractivity contribution in [1.82, 2.24) is 9.88 Å². The number of rotatable bonds is 7. The lowest BCUT2D eigenvalue weighted by Crippen LogP contribution is -2.49. The molecule has 1 saturated carbocycles. The van der Waals surface area contributed by atoms with E-state index in [0.717, 1.165) is 39.3 Å². The van der Waals surface area contributed by atoms with Crippen LogP contribution in [0.4, 0.5) is 26.3 Å². The van der Waals surface area contributed by atoms with Gasteiger partial charge in [0.05, 0.1) is 25.9 Å². The predicted molar refractivity (Wildman–Crippen MR) is 111 cm³/mol. The van der Waals surface area contributed by atoms with Crippen LogP contribution in [0.1, 0.15) is 18.4 Å². The van der Waals surface area contributed by atoms with Gasteiger partial charge < -0.3 is 24.4 Å². The van der Waals surface area contributed by atoms with Gasteiger partial charge in [-0.25, -0.2) is 9.59 Å². The van der Waals surface area contributed by atoms with Gasteiger partial charge in [0.2, 0.25) is 0 Å². The van der Waals surface area contributed by atoms with Crippen LogP contribution in [0.3, 0.4) is 0 Å². The molecule has 1 aliphatic heterocycles. The Balaban J connectivity index is 0.000000383. The van der Waals surface area contributed by atoms with E-state index < -0.39 is 24.3 Å². The SMILES string of the molecule is COCCN1CCO[C@@H]2CC(COCc3ccncc3)C[C@H]21.O=C(O)C(F)(F)F.O=C(O)C(F)(F)F. The van der Waals surface area contributed by atoms with Gasteiger partial charge in [0.15, 0.2) is 0 Å². The Bertz CT molecular complexity index is 771. The number of morpholine rings is 1. The number of aromatic nitrogens is 1. The highest BCUT2D eigenvalue weighted by Gasteiger charge is 2.41. The normalized spacial score (nSPS) is 21.9. The Morgan fingerprint density at radius 2 is 1.64 bits per heavy atom. The van der Waals surface area contributed by atoms with Crippen molar-refractivity contribution in [3.05, 3.63) is 30.1 Å². The highest BCUT2D eigenvalue weighted by Crippen LogP contribution is 2.34. The minimum Gasteiger partial charge on any atom is -0.475 e. The third-order valence-electron chi connectivity index (χ3n) is 5.19. The molecule has 0 aromatic carbocycles. The van der Waals surface area contributed by atoms with Crippen LogP contribution in [0.5, 0.6) is 0 Å². The van der Waals surface area contributed by atoms with Crippen LogP contribution in [0, 0.1) is 5.92 Å². The molecule has 2 heterocycles. The van der Waals surface area contributed by atoms with E-state index in [0.29, 0.717) is 24.7 Å². The van der Waals surface area contributed by atoms with Crippen molar-refractivity contribution in [3.63, 3.8) is 0 Å². The summed E-state index contributed by atoms with van der Waals surface area (Å²) in [6.45, 7) is 5.15. The van der Waals surface area contributed by atoms with E-state index in [1.807, 2.05) is 24.5 Å². The van der Waals surface area contributed by atoms with Crippen molar-refractivity contribution >= 4 is 11.9 Å². The highest BCUT2D eigenvalue weighted by molar-refractivity contribution is 5.73. The average Bonchev–Trinajstić information content (AvgIpc) is 3.21. The van der Waals surface area contributed by atoms with Crippen LogP contribution in [0.15, 0.2) is 24.5 Å². The summed E-state index contributed by atoms with van der Waals surface area (Å²) in [6.07, 6.45) is -3.88. The summed E-state index contributed by atoms with van der Waals surface area (Å²) in [6, 6.07) is 4.55. The second-order valence-electron chi connectivity index (χ2n) is 7.82. The molecule has 15 heteroatoms. The molecule has 2 fully saturated rings. The molecule has 1 aromatic rings. The molecule has 1 aromatic heterocycles. The van der Waals surface area contributed by atoms with Crippen molar-refractivity contribution < 1.29 is 60.4 Å². The molecule has 3 atom stereocenters. The van der Waals surface area contributed by atoms with E-state index in [1.165, 1.54) is 12.0 Å². The van der Waals surface area contributed by atoms with E-state index in [9.17, 15) is 26.3 Å². The van der Waals surface area contributed by atoms with E-state index in [-0.39, 0.29) is 0 Å². The number of ether oxygens (including phenoxy) is 3. The zero-order chi connectivity index (χ0) is 27.4. The summed E-state index contributed by atoms with van der Waals surface area (Å²) in [7, 11) is 1.77. The molecule has 9 nitrogen and oxygen atoms in total. The molecule has 2 aliphatic rings. The minimum absolute atomic E-state index is 0.375. The molecule has 0 radical (unpaired) electrons. The number of carboxylic acids is 2. The first-order valence-corrected chi connectivity index (χ1v) is 10.7. The number of nitrogens with zero attached hydrogens (tertiary/aromatic N) is 2. The fourth-order valence-corrected chi connectivity index (χ4v) is 3.57. The summed E-state index contributed by atoms with van der Waals surface area (Å²) in [5.41, 5.74) is 1.18. The third-order valence-corrected chi connectivity index (χ3v) is 5.19. The number of halogens is 6. The van der Waals surface area contributed by atoms with E-state index in [1.54, 1.807) is 7.11 Å². The van der Waals surface area contributed by atoms with Crippen LogP contribution in [-0.2, 0) is 30.4 Å². The van der Waals surface area contributed by atoms with Crippen LogP contribution in [-0.4, -0.2) is 96.6 Å². The van der Waals surface area contributed by atoms with Crippen molar-refractivity contribution in [2.75, 3.05) is 40.0 Å². The Morgan fingerprint density at radius 3 is 2.14 bits per heavy atom. The van der Waals surface area contributed by atoms with E-state index in [2.05, 4.69) is 9.88 Å². The molecule has 3 rings (SSSR count). The molecule has 1 aliphatic carbocycles. The quantitative estimate of drug-likeness (QED) is 0.509. The summed E-state index contributed by atoms with van der Waals surface area (Å²) >= 11 is 0. The van der Waals surface area contributed by atoms with E-state index >= 15 is 0 Å². The zero-order valence-electron chi connectivity index (χ0n) is 19.3. The Hall–Kier alpha value is -2.49. The lowest BCUT2D eigenvalue weighted by molar-refractivity contribution is -0.193. The maximum absolute atomic E-state index is 10.6. The van der Waals surface area contributed by atoms with Gasteiger partial charge in [-0.15, -0.1) is 0 Å². The lowest BCUT2D eigenvalue weighted by Gasteiger charge is -2.37. The third kappa shape index (κ3) is 12.0. The van der Waals surface area contributed by atoms with Crippen LogP contribution >= 0.6 is 0 Å². The van der Waals surface area contributed by atoms with Crippen molar-refractivity contribution in [1.29, 1.82) is 0 Å². The lowest BCUT2D eigenvalue weighted by atomic mass is 10.1. The Morgan fingerprint density at radius 1 is 1.08 bits per heavy atom. The minimum atomic E-state index is -5.08. The van der Waals surface area contributed by atoms with Crippen molar-refractivity contribution in [2.45, 2.75) is 43.9 Å². The zero-order valence-corrected chi connectivity index (χ0v) is 19.3. The number of carbonyl (C=O) groups is 2. The molecule has 1 saturated heterocycles. The molecular weight excluding hydrogens is 506 g/mol. The molecule has 1 unspecified atom stereocenters. The number of alkyl halides is 6. The largest absolute Gasteiger partial charge is 0.490 e. The van der Waals surface area contributed by atoms with Gasteiger partial charge in [0.25, 0.3) is 0 Å². The summed E-state index contributed by atoms with van der Waals surface area (Å²) in [4.78, 5) is 24.3. The second-order valence-corrected chi connectivity index (χ2v) is 7.82. The summed E-state index contributed by atoms with van der Waals surface area (Å²) in [5, 5.41) is 14.2. The molecule has 206 valence electrons. The maximum atomic E-state index is 10.6. The second kappa shape index (κ2) is 14.9. The van der Waals surface area contributed by atoms with Gasteiger partial charge >= 0.3 is 24.3 Å². The standard InChI is InChI=1S/C17H26N2O3.2C2HF3O2/c1-20-8-6-19-7-9-22-17-11-15(10-16(17)19)13-21-12-14-2-4-18-5-3-14;2*3-2(4,5)1(6)7/h2-5,15-17H,6-13H2,1H3;2*(H,6,7)/t15?,16-,17-;;/m1../s1. The van der Waals surface area contributed by atoms with Crippen molar-refractivity contribution in [3.8, 4) is 0 Å². The topological polar surface area (TPSA) is 118 Å². The van der Waals surface area contributed by atoms with E-state index in [4.69, 9.17) is 34.0 Å². The predicted octanol–water partition coefficient (Wildman–Crippen LogP) is 2.99. The van der Waals surface area contributed by atoms with Gasteiger partial charge in [-0.2, -0.15) is 26.3 Å². The highest BCUT2D eigenvalue weighted by atomic mass is 19.4. The van der Waals surface area contributed by atoms with Gasteiger partial charge in [-0.1, -0.05) is 0 Å². The number of pyridine rings is 1. The molecular formula is C21H28F6N2O7. The van der Waals surface area contributed by atoms with Crippen LogP contribution in [0.2, 0.25) is 0 Å². The molecule has 0 spiro atoms. The average molecular weight is 534 g/mol. The number of hydrogen-bond donors (Lipinski definition) is 2. The fraction of sp³-hybridized carbons (Fsp3) is 0.667. The number of aliphatic carboxylic acids is 2. The van der Waals surface area contributed by atoms with Crippen LogP contribution < -0.4 is 0 Å². The first kappa shape index (κ1) is 31.5. The molecule has 2 N–H and O–H groups in total. The van der Waals surface area contributed by atoms with Gasteiger partial charge in [-0.3, -0.25) is 9.88 Å². The molecule has 0 amide bonds. The van der Waals surface area contributed by atoms with Gasteiger partial charge in [-0.05, 0) is 36.5 Å². The Kier molecular flexibility index (Phi) is 13.1. The monoisotopic (exact) mass is 534 g/mol. The first-order valence-electron chi connectivity index (χ1n) is 10.7. The number of fused-ring (bicyclic) bond motifs is 1. The summed E-state index contributed by atoms with van der Waals surface area (Å²) < 4.78 is 80.6. The first-order chi connectivity index (χ1) is 16.8. The fourth-order valence-electron chi connectivity index (χ4n) is 3.57. The molecule has 36 heavy (non-hydrogen) atoms. The summed E-state index contributed by atoms with van der Waals surface area (Å²) in [5.74, 6) is -4.92.